The zero-order valence-corrected chi connectivity index (χ0v) is 42.3. The van der Waals surface area contributed by atoms with E-state index >= 15 is 26.3 Å². The van der Waals surface area contributed by atoms with Crippen molar-refractivity contribution in [3.05, 3.63) is 340 Å². The first-order chi connectivity index (χ1) is 38.5. The predicted octanol–water partition coefficient (Wildman–Crippen LogP) is 19.3. The zero-order valence-electron chi connectivity index (χ0n) is 42.3. The zero-order chi connectivity index (χ0) is 54.2. The Balaban J connectivity index is 1.09. The van der Waals surface area contributed by atoms with Gasteiger partial charge in [-0.1, -0.05) is 195 Å². The fourth-order valence-corrected chi connectivity index (χ4v) is 12.6. The molecule has 11 aromatic rings. The van der Waals surface area contributed by atoms with Gasteiger partial charge >= 0.3 is 0 Å². The summed E-state index contributed by atoms with van der Waals surface area (Å²) in [5.41, 5.74) is 9.61. The monoisotopic (exact) mass is 1040 g/mol. The summed E-state index contributed by atoms with van der Waals surface area (Å²) in [7, 11) is 0. The molecule has 1 nitrogen and oxygen atoms in total. The Labute approximate surface area is 454 Å². The molecule has 0 aromatic heterocycles. The summed E-state index contributed by atoms with van der Waals surface area (Å²) < 4.78 is 98.3. The third kappa shape index (κ3) is 7.63. The van der Waals surface area contributed by atoms with Gasteiger partial charge in [0.05, 0.1) is 10.8 Å². The number of benzene rings is 11. The topological polar surface area (TPSA) is 3.24 Å². The average molecular weight is 1040 g/mol. The Hall–Kier alpha value is -9.72. The lowest BCUT2D eigenvalue weighted by atomic mass is 9.67. The molecule has 0 aliphatic heterocycles. The van der Waals surface area contributed by atoms with Crippen molar-refractivity contribution in [2.75, 3.05) is 4.90 Å². The van der Waals surface area contributed by atoms with Crippen molar-refractivity contribution in [3.8, 4) is 44.5 Å². The molecule has 0 spiro atoms. The smallest absolute Gasteiger partial charge is 0.133 e. The normalized spacial score (nSPS) is 15.7. The maximum Gasteiger partial charge on any atom is 0.133 e. The number of nitrogens with zero attached hydrogens (tertiary/aromatic N) is 1. The Kier molecular flexibility index (Phi) is 11.8. The minimum Gasteiger partial charge on any atom is -0.310 e. The molecule has 79 heavy (non-hydrogen) atoms. The number of halogens is 6. The molecule has 0 heterocycles. The van der Waals surface area contributed by atoms with E-state index in [2.05, 4.69) is 43.5 Å². The highest BCUT2D eigenvalue weighted by atomic mass is 19.2. The van der Waals surface area contributed by atoms with E-state index in [0.717, 1.165) is 68.8 Å². The number of hydrogen-bond donors (Lipinski definition) is 0. The molecule has 0 radical (unpaired) electrons. The number of fused-ring (bicyclic) bond motifs is 6. The Morgan fingerprint density at radius 2 is 0.671 bits per heavy atom. The van der Waals surface area contributed by atoms with Crippen LogP contribution in [0.4, 0.5) is 43.4 Å². The van der Waals surface area contributed by atoms with Gasteiger partial charge in [-0.3, -0.25) is 0 Å². The molecule has 0 fully saturated rings. The van der Waals surface area contributed by atoms with E-state index in [9.17, 15) is 0 Å². The van der Waals surface area contributed by atoms with Gasteiger partial charge in [-0.2, -0.15) is 0 Å². The number of hydrogen-bond acceptors (Lipinski definition) is 1. The van der Waals surface area contributed by atoms with Gasteiger partial charge in [0, 0.05) is 52.5 Å². The lowest BCUT2D eigenvalue weighted by Crippen LogP contribution is -2.32. The summed E-state index contributed by atoms with van der Waals surface area (Å²) in [4.78, 5) is 2.02. The van der Waals surface area contributed by atoms with Crippen LogP contribution in [0, 0.1) is 34.9 Å². The van der Waals surface area contributed by atoms with Crippen LogP contribution in [0.2, 0.25) is 0 Å². The van der Waals surface area contributed by atoms with Crippen LogP contribution in [0.5, 0.6) is 0 Å². The van der Waals surface area contributed by atoms with Crippen molar-refractivity contribution < 1.29 is 26.3 Å². The summed E-state index contributed by atoms with van der Waals surface area (Å²) >= 11 is 0. The molecule has 2 unspecified atom stereocenters. The maximum atomic E-state index is 17.0. The lowest BCUT2D eigenvalue weighted by molar-refractivity contribution is 0.502. The molecule has 0 bridgehead atoms. The first kappa shape index (κ1) is 48.9. The molecule has 0 N–H and O–H groups in total. The molecule has 7 heteroatoms. The van der Waals surface area contributed by atoms with Crippen LogP contribution >= 0.6 is 0 Å². The highest BCUT2D eigenvalue weighted by Gasteiger charge is 2.51. The second-order valence-electron chi connectivity index (χ2n) is 20.0. The molecule has 0 amide bonds. The van der Waals surface area contributed by atoms with Gasteiger partial charge in [0.25, 0.3) is 0 Å². The molecule has 0 saturated carbocycles. The maximum absolute atomic E-state index is 17.0. The Morgan fingerprint density at radius 1 is 0.304 bits per heavy atom. The number of rotatable bonds is 11. The van der Waals surface area contributed by atoms with Gasteiger partial charge < -0.3 is 4.90 Å². The van der Waals surface area contributed by atoms with Crippen LogP contribution in [0.1, 0.15) is 55.6 Å². The van der Waals surface area contributed by atoms with Gasteiger partial charge in [-0.25, -0.2) is 26.3 Å². The van der Waals surface area contributed by atoms with Gasteiger partial charge in [-0.05, 0) is 131 Å². The summed E-state index contributed by atoms with van der Waals surface area (Å²) in [6.45, 7) is 7.89. The van der Waals surface area contributed by atoms with E-state index in [1.54, 1.807) is 12.2 Å². The van der Waals surface area contributed by atoms with Crippen molar-refractivity contribution >= 4 is 29.2 Å². The quantitative estimate of drug-likeness (QED) is 0.117. The third-order valence-electron chi connectivity index (χ3n) is 15.9. The Bertz CT molecular complexity index is 3990. The first-order valence-electron chi connectivity index (χ1n) is 25.8. The van der Waals surface area contributed by atoms with E-state index in [4.69, 9.17) is 0 Å². The fraction of sp³-hybridized carbons (Fsp3) is 0.0278. The summed E-state index contributed by atoms with van der Waals surface area (Å²) in [5, 5.41) is 0. The van der Waals surface area contributed by atoms with E-state index in [0.29, 0.717) is 61.6 Å². The van der Waals surface area contributed by atoms with Gasteiger partial charge in [0.1, 0.15) is 34.9 Å². The largest absolute Gasteiger partial charge is 0.310 e. The van der Waals surface area contributed by atoms with Gasteiger partial charge in [0.2, 0.25) is 0 Å². The van der Waals surface area contributed by atoms with Crippen LogP contribution in [0.3, 0.4) is 0 Å². The fourth-order valence-electron chi connectivity index (χ4n) is 12.6. The first-order valence-corrected chi connectivity index (χ1v) is 25.8. The van der Waals surface area contributed by atoms with Crippen LogP contribution in [0.15, 0.2) is 250 Å². The minimum absolute atomic E-state index is 0.344. The van der Waals surface area contributed by atoms with Crippen molar-refractivity contribution in [1.82, 2.24) is 0 Å². The number of anilines is 3. The molecule has 2 atom stereocenters. The molecule has 0 saturated heterocycles. The molecular weight excluding hydrogens is 993 g/mol. The van der Waals surface area contributed by atoms with Crippen molar-refractivity contribution in [2.45, 2.75) is 10.8 Å². The second kappa shape index (κ2) is 19.1. The van der Waals surface area contributed by atoms with Crippen LogP contribution in [-0.2, 0) is 10.8 Å². The van der Waals surface area contributed by atoms with E-state index in [1.807, 2.05) is 187 Å². The minimum atomic E-state index is -1.66. The van der Waals surface area contributed by atoms with E-state index < -0.39 is 45.7 Å². The molecule has 2 aliphatic rings. The molecule has 13 rings (SSSR count). The summed E-state index contributed by atoms with van der Waals surface area (Å²) in [5.74, 6) is -6.33. The second-order valence-corrected chi connectivity index (χ2v) is 20.0. The Morgan fingerprint density at radius 3 is 1.10 bits per heavy atom. The lowest BCUT2D eigenvalue weighted by Gasteiger charge is -2.36. The third-order valence-corrected chi connectivity index (χ3v) is 15.9. The molecular formula is C72H45F6N. The van der Waals surface area contributed by atoms with Crippen LogP contribution < -0.4 is 4.90 Å². The van der Waals surface area contributed by atoms with E-state index in [1.165, 1.54) is 0 Å². The molecule has 380 valence electrons. The predicted molar refractivity (Wildman–Crippen MR) is 307 cm³/mol. The highest BCUT2D eigenvalue weighted by molar-refractivity contribution is 5.93. The summed E-state index contributed by atoms with van der Waals surface area (Å²) in [6, 6.07) is 70.6. The van der Waals surface area contributed by atoms with Crippen LogP contribution in [-0.4, -0.2) is 0 Å². The van der Waals surface area contributed by atoms with Crippen molar-refractivity contribution in [1.29, 1.82) is 0 Å². The van der Waals surface area contributed by atoms with Gasteiger partial charge in [-0.15, -0.1) is 0 Å². The standard InChI is InChI=1S/C72H45F6N/c1-3-44-21-27-50(28-22-44)71(69-65(75)38-52(73)39-66(69)76)61-19-10-8-17-57(61)59-35-33-55(42-63(59)71)79(54-31-25-47(26-32-54)49-16-12-15-48(37-49)46-13-6-5-7-14-46)56-34-36-60-58-18-9-11-20-62(58)72(64(60)43-56,51-29-23-45(4-2)24-30-51)70-67(77)40-53(74)41-68(70)78/h3-43H,1-2H2. The summed E-state index contributed by atoms with van der Waals surface area (Å²) in [6.07, 6.45) is 3.37. The molecule has 2 aliphatic carbocycles. The van der Waals surface area contributed by atoms with Crippen molar-refractivity contribution in [3.63, 3.8) is 0 Å². The van der Waals surface area contributed by atoms with Gasteiger partial charge in [0.15, 0.2) is 0 Å². The highest BCUT2D eigenvalue weighted by Crippen LogP contribution is 2.61. The van der Waals surface area contributed by atoms with E-state index in [-0.39, 0.29) is 11.1 Å². The average Bonchev–Trinajstić information content (AvgIpc) is 2.83. The molecule has 11 aromatic carbocycles. The SMILES string of the molecule is C=Cc1ccc(C2(c3c(F)cc(F)cc3F)c3ccccc3-c3ccc(N(c4ccc(-c5cccc(-c6ccccc6)c5)cc4)c4ccc5c(c4)C(c4ccc(C=C)cc4)(c4c(F)cc(F)cc4F)c4ccccc4-5)cc32)cc1. The van der Waals surface area contributed by atoms with Crippen LogP contribution in [0.25, 0.3) is 56.7 Å². The van der Waals surface area contributed by atoms with Crippen molar-refractivity contribution in [2.24, 2.45) is 0 Å².